The summed E-state index contributed by atoms with van der Waals surface area (Å²) in [5, 5.41) is 17.5. The predicted octanol–water partition coefficient (Wildman–Crippen LogP) is 4.52. The molecule has 0 aliphatic heterocycles. The molecule has 1 N–H and O–H groups in total. The van der Waals surface area contributed by atoms with E-state index in [0.717, 1.165) is 27.6 Å². The van der Waals surface area contributed by atoms with Crippen molar-refractivity contribution in [2.75, 3.05) is 0 Å². The van der Waals surface area contributed by atoms with Crippen LogP contribution in [-0.4, -0.2) is 26.1 Å². The molecule has 0 atom stereocenters. The van der Waals surface area contributed by atoms with Gasteiger partial charge in [-0.2, -0.15) is 0 Å². The molecule has 3 rings (SSSR count). The smallest absolute Gasteiger partial charge is 0.335 e. The molecule has 3 aromatic rings. The van der Waals surface area contributed by atoms with Gasteiger partial charge in [0.1, 0.15) is 17.9 Å². The number of nitrogens with zero attached hydrogens (tertiary/aromatic N) is 3. The summed E-state index contributed by atoms with van der Waals surface area (Å²) in [6.07, 6.45) is 0. The Morgan fingerprint density at radius 1 is 1.19 bits per heavy atom. The fourth-order valence-electron chi connectivity index (χ4n) is 2.57. The number of hydrogen-bond acceptors (Lipinski definition) is 4. The lowest BCUT2D eigenvalue weighted by Crippen LogP contribution is -2.16. The van der Waals surface area contributed by atoms with Crippen molar-refractivity contribution < 1.29 is 14.6 Å². The van der Waals surface area contributed by atoms with Crippen LogP contribution in [-0.2, 0) is 13.2 Å². The molecule has 26 heavy (non-hydrogen) atoms. The molecule has 7 heteroatoms. The highest BCUT2D eigenvalue weighted by Crippen LogP contribution is 2.33. The van der Waals surface area contributed by atoms with Gasteiger partial charge in [-0.15, -0.1) is 5.10 Å². The maximum atomic E-state index is 10.9. The van der Waals surface area contributed by atoms with Crippen LogP contribution in [0.25, 0.3) is 11.0 Å². The van der Waals surface area contributed by atoms with Gasteiger partial charge in [0.15, 0.2) is 0 Å². The van der Waals surface area contributed by atoms with Crippen molar-refractivity contribution in [2.45, 2.75) is 33.9 Å². The fourth-order valence-corrected chi connectivity index (χ4v) is 3.10. The maximum Gasteiger partial charge on any atom is 0.335 e. The largest absolute Gasteiger partial charge is 0.488 e. The monoisotopic (exact) mass is 417 g/mol. The molecule has 0 aliphatic carbocycles. The zero-order chi connectivity index (χ0) is 18.9. The lowest BCUT2D eigenvalue weighted by Gasteiger charge is -2.18. The number of halogens is 1. The number of ether oxygens (including phenoxy) is 1. The summed E-state index contributed by atoms with van der Waals surface area (Å²) < 4.78 is 8.53. The number of hydrogen-bond donors (Lipinski definition) is 1. The molecule has 0 radical (unpaired) electrons. The van der Waals surface area contributed by atoms with Gasteiger partial charge in [-0.25, -0.2) is 9.48 Å². The Morgan fingerprint density at radius 3 is 2.50 bits per heavy atom. The van der Waals surface area contributed by atoms with Gasteiger partial charge in [0.25, 0.3) is 0 Å². The quantitative estimate of drug-likeness (QED) is 0.660. The summed E-state index contributed by atoms with van der Waals surface area (Å²) in [4.78, 5) is 10.9. The van der Waals surface area contributed by atoms with Crippen LogP contribution in [0.2, 0.25) is 0 Å². The summed E-state index contributed by atoms with van der Waals surface area (Å²) in [6, 6.07) is 10.5. The third-order valence-corrected chi connectivity index (χ3v) is 4.58. The number of rotatable bonds is 5. The van der Waals surface area contributed by atoms with E-state index in [1.807, 2.05) is 16.8 Å². The number of aromatic nitrogens is 3. The van der Waals surface area contributed by atoms with E-state index in [0.29, 0.717) is 12.4 Å². The Balaban J connectivity index is 1.78. The highest BCUT2D eigenvalue weighted by molar-refractivity contribution is 9.10. The highest BCUT2D eigenvalue weighted by atomic mass is 79.9. The van der Waals surface area contributed by atoms with E-state index >= 15 is 0 Å². The van der Waals surface area contributed by atoms with Crippen LogP contribution < -0.4 is 4.74 Å². The molecule has 0 bridgehead atoms. The molecule has 0 unspecified atom stereocenters. The molecule has 0 saturated carbocycles. The van der Waals surface area contributed by atoms with Gasteiger partial charge in [-0.05, 0) is 51.2 Å². The van der Waals surface area contributed by atoms with Gasteiger partial charge in [0.2, 0.25) is 0 Å². The van der Waals surface area contributed by atoms with Crippen molar-refractivity contribution in [1.82, 2.24) is 15.0 Å². The van der Waals surface area contributed by atoms with Gasteiger partial charge in [-0.3, -0.25) is 0 Å². The first-order chi connectivity index (χ1) is 12.2. The second-order valence-corrected chi connectivity index (χ2v) is 8.14. The van der Waals surface area contributed by atoms with Crippen LogP contribution in [0.15, 0.2) is 40.9 Å². The first-order valence-electron chi connectivity index (χ1n) is 8.21. The molecule has 1 heterocycles. The van der Waals surface area contributed by atoms with Crippen LogP contribution in [0.5, 0.6) is 5.75 Å². The number of carboxylic acids is 1. The van der Waals surface area contributed by atoms with Crippen LogP contribution >= 0.6 is 15.9 Å². The molecule has 0 fully saturated rings. The topological polar surface area (TPSA) is 77.2 Å². The van der Waals surface area contributed by atoms with Crippen LogP contribution in [0, 0.1) is 5.41 Å². The van der Waals surface area contributed by atoms with Crippen molar-refractivity contribution in [1.29, 1.82) is 0 Å². The first kappa shape index (κ1) is 18.4. The van der Waals surface area contributed by atoms with E-state index < -0.39 is 5.97 Å². The van der Waals surface area contributed by atoms with Crippen molar-refractivity contribution in [3.63, 3.8) is 0 Å². The van der Waals surface area contributed by atoms with Crippen LogP contribution in [0.3, 0.4) is 0 Å². The second-order valence-electron chi connectivity index (χ2n) is 7.34. The van der Waals surface area contributed by atoms with E-state index in [9.17, 15) is 4.79 Å². The molecule has 0 saturated heterocycles. The minimum atomic E-state index is -0.941. The number of carboxylic acid groups (broad SMARTS) is 1. The van der Waals surface area contributed by atoms with Gasteiger partial charge in [-0.1, -0.05) is 38.1 Å². The van der Waals surface area contributed by atoms with Gasteiger partial charge in [0, 0.05) is 6.54 Å². The fraction of sp³-hybridized carbons (Fsp3) is 0.316. The third-order valence-electron chi connectivity index (χ3n) is 3.81. The molecular weight excluding hydrogens is 398 g/mol. The second kappa shape index (κ2) is 7.07. The zero-order valence-corrected chi connectivity index (χ0v) is 16.4. The number of aromatic carboxylic acids is 1. The Labute approximate surface area is 159 Å². The van der Waals surface area contributed by atoms with Crippen molar-refractivity contribution in [2.24, 2.45) is 5.41 Å². The molecule has 0 amide bonds. The van der Waals surface area contributed by atoms with Crippen molar-refractivity contribution in [3.8, 4) is 5.75 Å². The highest BCUT2D eigenvalue weighted by Gasteiger charge is 2.17. The number of fused-ring (bicyclic) bond motifs is 1. The zero-order valence-electron chi connectivity index (χ0n) is 14.9. The Hall–Kier alpha value is -2.41. The summed E-state index contributed by atoms with van der Waals surface area (Å²) in [5.74, 6) is -0.272. The van der Waals surface area contributed by atoms with E-state index in [1.165, 1.54) is 0 Å². The summed E-state index contributed by atoms with van der Waals surface area (Å²) in [6.45, 7) is 7.57. The molecule has 1 aromatic heterocycles. The lowest BCUT2D eigenvalue weighted by molar-refractivity contribution is 0.0697. The third kappa shape index (κ3) is 4.04. The average Bonchev–Trinajstić information content (AvgIpc) is 2.96. The Bertz CT molecular complexity index is 943. The summed E-state index contributed by atoms with van der Waals surface area (Å²) in [7, 11) is 0. The van der Waals surface area contributed by atoms with Crippen molar-refractivity contribution in [3.05, 3.63) is 52.0 Å². The standard InChI is InChI=1S/C19H20BrN3O3/c1-19(2,3)11-23-14-8-9-15(16(20)17(14)21-22-23)26-10-12-4-6-13(7-5-12)18(24)25/h4-9H,10-11H2,1-3H3,(H,24,25). The van der Waals surface area contributed by atoms with E-state index in [-0.39, 0.29) is 11.0 Å². The van der Waals surface area contributed by atoms with Crippen LogP contribution in [0.4, 0.5) is 0 Å². The average molecular weight is 418 g/mol. The normalized spacial score (nSPS) is 11.7. The molecule has 0 spiro atoms. The minimum absolute atomic E-state index is 0.102. The minimum Gasteiger partial charge on any atom is -0.488 e. The van der Waals surface area contributed by atoms with Gasteiger partial charge >= 0.3 is 5.97 Å². The molecule has 2 aromatic carbocycles. The van der Waals surface area contributed by atoms with E-state index in [1.54, 1.807) is 24.3 Å². The van der Waals surface area contributed by atoms with E-state index in [4.69, 9.17) is 9.84 Å². The first-order valence-corrected chi connectivity index (χ1v) is 9.01. The molecular formula is C19H20BrN3O3. The van der Waals surface area contributed by atoms with E-state index in [2.05, 4.69) is 47.0 Å². The van der Waals surface area contributed by atoms with Crippen LogP contribution in [0.1, 0.15) is 36.7 Å². The summed E-state index contributed by atoms with van der Waals surface area (Å²) in [5.41, 5.74) is 2.95. The van der Waals surface area contributed by atoms with Crippen molar-refractivity contribution >= 4 is 32.9 Å². The lowest BCUT2D eigenvalue weighted by atomic mass is 9.97. The number of benzene rings is 2. The van der Waals surface area contributed by atoms with Gasteiger partial charge < -0.3 is 9.84 Å². The SMILES string of the molecule is CC(C)(C)Cn1nnc2c(Br)c(OCc3ccc(C(=O)O)cc3)ccc21. The Kier molecular flexibility index (Phi) is 5.00. The molecule has 0 aliphatic rings. The molecule has 136 valence electrons. The predicted molar refractivity (Wildman–Crippen MR) is 102 cm³/mol. The van der Waals surface area contributed by atoms with Gasteiger partial charge in [0.05, 0.1) is 15.6 Å². The number of carbonyl (C=O) groups is 1. The summed E-state index contributed by atoms with van der Waals surface area (Å²) >= 11 is 3.56. The molecule has 6 nitrogen and oxygen atoms in total. The maximum absolute atomic E-state index is 10.9. The Morgan fingerprint density at radius 2 is 1.88 bits per heavy atom.